The van der Waals surface area contributed by atoms with Crippen molar-refractivity contribution in [2.75, 3.05) is 44.5 Å². The summed E-state index contributed by atoms with van der Waals surface area (Å²) < 4.78 is 5.40. The molecule has 1 aliphatic carbocycles. The fourth-order valence-electron chi connectivity index (χ4n) is 4.52. The van der Waals surface area contributed by atoms with Crippen molar-refractivity contribution in [1.29, 1.82) is 0 Å². The molecule has 1 heterocycles. The minimum Gasteiger partial charge on any atom is -0.496 e. The molecule has 174 valence electrons. The third kappa shape index (κ3) is 6.02. The number of ether oxygens (including phenoxy) is 1. The number of methoxy groups -OCH3 is 1. The standard InChI is InChI=1S/C27H35N5O/c1-32(2)26-23-11-5-6-12-24(23)30-27(31-26)29-22-16-14-20(15-17-22)19-28-18-8-10-21-9-4-7-13-25(21)33-3/h4-13,20,22,28H,14-19H2,1-3H3,(H,29,30,31)/b10-8+/t20-,22+. The van der Waals surface area contributed by atoms with Gasteiger partial charge in [-0.3, -0.25) is 0 Å². The van der Waals surface area contributed by atoms with Gasteiger partial charge in [0.05, 0.1) is 12.6 Å². The molecule has 4 rings (SSSR count). The van der Waals surface area contributed by atoms with Crippen LogP contribution in [0.4, 0.5) is 11.8 Å². The van der Waals surface area contributed by atoms with Crippen LogP contribution in [0.2, 0.25) is 0 Å². The van der Waals surface area contributed by atoms with Crippen molar-refractivity contribution in [2.45, 2.75) is 31.7 Å². The SMILES string of the molecule is COc1ccccc1/C=C/CNC[C@H]1CC[C@@H](Nc2nc(N(C)C)c3ccccc3n2)CC1. The number of para-hydroxylation sites is 2. The maximum atomic E-state index is 5.40. The summed E-state index contributed by atoms with van der Waals surface area (Å²) in [7, 11) is 5.77. The van der Waals surface area contributed by atoms with Crippen LogP contribution in [0.3, 0.4) is 0 Å². The maximum Gasteiger partial charge on any atom is 0.225 e. The summed E-state index contributed by atoms with van der Waals surface area (Å²) >= 11 is 0. The predicted octanol–water partition coefficient (Wildman–Crippen LogP) is 4.98. The number of anilines is 2. The van der Waals surface area contributed by atoms with Crippen molar-refractivity contribution in [2.24, 2.45) is 5.92 Å². The summed E-state index contributed by atoms with van der Waals surface area (Å²) in [6.45, 7) is 1.93. The van der Waals surface area contributed by atoms with E-state index in [1.54, 1.807) is 7.11 Å². The van der Waals surface area contributed by atoms with Gasteiger partial charge in [0.2, 0.25) is 5.95 Å². The zero-order valence-electron chi connectivity index (χ0n) is 19.9. The van der Waals surface area contributed by atoms with Gasteiger partial charge in [-0.15, -0.1) is 0 Å². The Labute approximate surface area is 197 Å². The number of fused-ring (bicyclic) bond motifs is 1. The largest absolute Gasteiger partial charge is 0.496 e. The third-order valence-corrected chi connectivity index (χ3v) is 6.32. The number of nitrogens with zero attached hydrogens (tertiary/aromatic N) is 3. The monoisotopic (exact) mass is 445 g/mol. The molecule has 2 N–H and O–H groups in total. The molecule has 1 aromatic heterocycles. The average molecular weight is 446 g/mol. The molecule has 2 aromatic carbocycles. The minimum atomic E-state index is 0.433. The number of hydrogen-bond acceptors (Lipinski definition) is 6. The second-order valence-electron chi connectivity index (χ2n) is 8.95. The Balaban J connectivity index is 1.24. The van der Waals surface area contributed by atoms with E-state index in [0.29, 0.717) is 6.04 Å². The summed E-state index contributed by atoms with van der Waals surface area (Å²) in [6.07, 6.45) is 9.03. The molecule has 0 amide bonds. The zero-order chi connectivity index (χ0) is 23.0. The summed E-state index contributed by atoms with van der Waals surface area (Å²) in [5.41, 5.74) is 2.10. The van der Waals surface area contributed by atoms with E-state index in [0.717, 1.165) is 65.8 Å². The molecule has 0 radical (unpaired) electrons. The minimum absolute atomic E-state index is 0.433. The maximum absolute atomic E-state index is 5.40. The van der Waals surface area contributed by atoms with Crippen LogP contribution in [0.25, 0.3) is 17.0 Å². The van der Waals surface area contributed by atoms with Gasteiger partial charge in [0, 0.05) is 37.6 Å². The second-order valence-corrected chi connectivity index (χ2v) is 8.95. The molecule has 0 atom stereocenters. The quantitative estimate of drug-likeness (QED) is 0.453. The molecule has 0 spiro atoms. The van der Waals surface area contributed by atoms with Crippen molar-refractivity contribution >= 4 is 28.7 Å². The summed E-state index contributed by atoms with van der Waals surface area (Å²) in [5.74, 6) is 3.33. The highest BCUT2D eigenvalue weighted by Gasteiger charge is 2.22. The molecule has 6 nitrogen and oxygen atoms in total. The Bertz CT molecular complexity index is 1070. The summed E-state index contributed by atoms with van der Waals surface area (Å²) in [4.78, 5) is 11.6. The normalized spacial score (nSPS) is 18.5. The number of nitrogens with one attached hydrogen (secondary N) is 2. The first kappa shape index (κ1) is 23.1. The van der Waals surface area contributed by atoms with Crippen LogP contribution in [-0.4, -0.2) is 50.3 Å². The Hall–Kier alpha value is -3.12. The zero-order valence-corrected chi connectivity index (χ0v) is 19.9. The molecule has 0 unspecified atom stereocenters. The van der Waals surface area contributed by atoms with Crippen LogP contribution in [0.15, 0.2) is 54.6 Å². The third-order valence-electron chi connectivity index (χ3n) is 6.32. The first-order valence-corrected chi connectivity index (χ1v) is 11.8. The Kier molecular flexibility index (Phi) is 7.79. The Morgan fingerprint density at radius 1 is 1.00 bits per heavy atom. The van der Waals surface area contributed by atoms with Crippen LogP contribution < -0.4 is 20.3 Å². The molecule has 0 aliphatic heterocycles. The molecule has 0 bridgehead atoms. The molecular weight excluding hydrogens is 410 g/mol. The Morgan fingerprint density at radius 2 is 1.76 bits per heavy atom. The Morgan fingerprint density at radius 3 is 2.55 bits per heavy atom. The lowest BCUT2D eigenvalue weighted by molar-refractivity contribution is 0.328. The van der Waals surface area contributed by atoms with Gasteiger partial charge < -0.3 is 20.3 Å². The fourth-order valence-corrected chi connectivity index (χ4v) is 4.52. The van der Waals surface area contributed by atoms with E-state index < -0.39 is 0 Å². The molecule has 1 aliphatic rings. The fraction of sp³-hybridized carbons (Fsp3) is 0.407. The molecule has 1 fully saturated rings. The molecule has 0 saturated heterocycles. The van der Waals surface area contributed by atoms with E-state index >= 15 is 0 Å². The van der Waals surface area contributed by atoms with E-state index in [-0.39, 0.29) is 0 Å². The van der Waals surface area contributed by atoms with Crippen molar-refractivity contribution < 1.29 is 4.74 Å². The van der Waals surface area contributed by atoms with Crippen LogP contribution >= 0.6 is 0 Å². The van der Waals surface area contributed by atoms with Crippen LogP contribution in [0.1, 0.15) is 31.2 Å². The molecule has 3 aromatic rings. The summed E-state index contributed by atoms with van der Waals surface area (Å²) in [6, 6.07) is 16.7. The van der Waals surface area contributed by atoms with E-state index in [1.165, 1.54) is 12.8 Å². The smallest absolute Gasteiger partial charge is 0.225 e. The number of aromatic nitrogens is 2. The van der Waals surface area contributed by atoms with E-state index in [9.17, 15) is 0 Å². The average Bonchev–Trinajstić information content (AvgIpc) is 2.84. The van der Waals surface area contributed by atoms with Gasteiger partial charge in [-0.05, 0) is 56.3 Å². The predicted molar refractivity (Wildman–Crippen MR) is 138 cm³/mol. The van der Waals surface area contributed by atoms with Gasteiger partial charge in [-0.25, -0.2) is 4.98 Å². The highest BCUT2D eigenvalue weighted by Crippen LogP contribution is 2.28. The molecule has 1 saturated carbocycles. The van der Waals surface area contributed by atoms with Gasteiger partial charge in [0.25, 0.3) is 0 Å². The molecular formula is C27H35N5O. The van der Waals surface area contributed by atoms with Gasteiger partial charge in [0.1, 0.15) is 11.6 Å². The van der Waals surface area contributed by atoms with E-state index in [1.807, 2.05) is 44.4 Å². The van der Waals surface area contributed by atoms with Gasteiger partial charge in [-0.1, -0.05) is 42.5 Å². The van der Waals surface area contributed by atoms with Crippen molar-refractivity contribution in [3.8, 4) is 5.75 Å². The number of rotatable bonds is 9. The van der Waals surface area contributed by atoms with E-state index in [4.69, 9.17) is 14.7 Å². The molecule has 6 heteroatoms. The summed E-state index contributed by atoms with van der Waals surface area (Å²) in [5, 5.41) is 8.28. The highest BCUT2D eigenvalue weighted by atomic mass is 16.5. The van der Waals surface area contributed by atoms with Crippen LogP contribution in [0.5, 0.6) is 5.75 Å². The first-order chi connectivity index (χ1) is 16.1. The van der Waals surface area contributed by atoms with Crippen LogP contribution in [-0.2, 0) is 0 Å². The van der Waals surface area contributed by atoms with Crippen molar-refractivity contribution in [1.82, 2.24) is 15.3 Å². The van der Waals surface area contributed by atoms with Gasteiger partial charge >= 0.3 is 0 Å². The highest BCUT2D eigenvalue weighted by molar-refractivity contribution is 5.90. The lowest BCUT2D eigenvalue weighted by Gasteiger charge is -2.29. The van der Waals surface area contributed by atoms with E-state index in [2.05, 4.69) is 45.9 Å². The van der Waals surface area contributed by atoms with Crippen molar-refractivity contribution in [3.05, 3.63) is 60.2 Å². The van der Waals surface area contributed by atoms with Crippen molar-refractivity contribution in [3.63, 3.8) is 0 Å². The van der Waals surface area contributed by atoms with Crippen LogP contribution in [0, 0.1) is 5.92 Å². The second kappa shape index (κ2) is 11.1. The lowest BCUT2D eigenvalue weighted by Crippen LogP contribution is -2.32. The van der Waals surface area contributed by atoms with Gasteiger partial charge in [-0.2, -0.15) is 4.98 Å². The topological polar surface area (TPSA) is 62.3 Å². The molecule has 33 heavy (non-hydrogen) atoms. The first-order valence-electron chi connectivity index (χ1n) is 11.8. The number of hydrogen-bond donors (Lipinski definition) is 2. The number of benzene rings is 2. The van der Waals surface area contributed by atoms with Gasteiger partial charge in [0.15, 0.2) is 0 Å². The lowest BCUT2D eigenvalue weighted by atomic mass is 9.86.